The van der Waals surface area contributed by atoms with Gasteiger partial charge in [0.15, 0.2) is 6.61 Å². The number of carboxylic acids is 1. The molecule has 2 aromatic rings. The Balaban J connectivity index is 1.69. The molecule has 1 saturated heterocycles. The molecule has 0 atom stereocenters. The van der Waals surface area contributed by atoms with Crippen molar-refractivity contribution in [3.8, 4) is 5.75 Å². The van der Waals surface area contributed by atoms with Gasteiger partial charge in [0, 0.05) is 16.3 Å². The molecule has 1 fully saturated rings. The van der Waals surface area contributed by atoms with Crippen molar-refractivity contribution in [2.75, 3.05) is 18.5 Å². The number of thioether (sulfide) groups is 1. The maximum Gasteiger partial charge on any atom is 0.323 e. The number of carboxylic acid groups (broad SMARTS) is 1. The lowest BCUT2D eigenvalue weighted by atomic mass is 10.2. The molecule has 2 N–H and O–H groups in total. The molecule has 30 heavy (non-hydrogen) atoms. The van der Waals surface area contributed by atoms with Crippen LogP contribution >= 0.6 is 23.4 Å². The average molecular weight is 447 g/mol. The lowest BCUT2D eigenvalue weighted by molar-refractivity contribution is -0.140. The Labute approximate surface area is 180 Å². The van der Waals surface area contributed by atoms with Crippen LogP contribution in [0.25, 0.3) is 6.08 Å². The normalized spacial score (nSPS) is 14.8. The van der Waals surface area contributed by atoms with Crippen LogP contribution in [0.5, 0.6) is 5.75 Å². The third-order valence-electron chi connectivity index (χ3n) is 3.86. The summed E-state index contributed by atoms with van der Waals surface area (Å²) in [6, 6.07) is 13.3. The molecule has 0 aromatic heterocycles. The Morgan fingerprint density at radius 3 is 2.53 bits per heavy atom. The standard InChI is InChI=1S/C20H15ClN2O6S/c21-13-5-7-14(8-6-13)22-17(24)11-29-15-4-2-1-3-12(15)9-16-19(27)23(10-18(25)26)20(28)30-16/h1-9H,10-11H2,(H,22,24)(H,25,26)/b16-9-. The van der Waals surface area contributed by atoms with Gasteiger partial charge in [-0.2, -0.15) is 0 Å². The van der Waals surface area contributed by atoms with E-state index >= 15 is 0 Å². The van der Waals surface area contributed by atoms with Gasteiger partial charge in [-0.05, 0) is 48.2 Å². The Kier molecular flexibility index (Phi) is 6.76. The van der Waals surface area contributed by atoms with Crippen LogP contribution in [-0.4, -0.2) is 46.2 Å². The van der Waals surface area contributed by atoms with E-state index in [0.29, 0.717) is 38.7 Å². The summed E-state index contributed by atoms with van der Waals surface area (Å²) in [6.07, 6.45) is 1.43. The highest BCUT2D eigenvalue weighted by atomic mass is 35.5. The number of amides is 3. The van der Waals surface area contributed by atoms with E-state index in [2.05, 4.69) is 5.32 Å². The molecule has 1 aliphatic heterocycles. The number of halogens is 1. The quantitative estimate of drug-likeness (QED) is 0.626. The highest BCUT2D eigenvalue weighted by molar-refractivity contribution is 8.18. The van der Waals surface area contributed by atoms with Crippen molar-refractivity contribution in [1.82, 2.24) is 4.90 Å². The van der Waals surface area contributed by atoms with E-state index in [1.807, 2.05) is 0 Å². The summed E-state index contributed by atoms with van der Waals surface area (Å²) in [7, 11) is 0. The molecule has 0 bridgehead atoms. The van der Waals surface area contributed by atoms with Crippen LogP contribution in [-0.2, 0) is 14.4 Å². The SMILES string of the molecule is O=C(O)CN1C(=O)S/C(=C\c2ccccc2OCC(=O)Nc2ccc(Cl)cc2)C1=O. The first kappa shape index (κ1) is 21.4. The van der Waals surface area contributed by atoms with E-state index in [4.69, 9.17) is 21.4 Å². The van der Waals surface area contributed by atoms with Gasteiger partial charge in [-0.1, -0.05) is 29.8 Å². The van der Waals surface area contributed by atoms with E-state index in [1.165, 1.54) is 6.08 Å². The lowest BCUT2D eigenvalue weighted by Gasteiger charge is -2.10. The minimum absolute atomic E-state index is 0.0721. The second-order valence-corrected chi connectivity index (χ2v) is 7.47. The van der Waals surface area contributed by atoms with Crippen LogP contribution in [0.15, 0.2) is 53.4 Å². The number of hydrogen-bond acceptors (Lipinski definition) is 6. The number of aliphatic carboxylic acids is 1. The minimum Gasteiger partial charge on any atom is -0.483 e. The van der Waals surface area contributed by atoms with E-state index in [1.54, 1.807) is 48.5 Å². The smallest absolute Gasteiger partial charge is 0.323 e. The van der Waals surface area contributed by atoms with Crippen molar-refractivity contribution in [2.45, 2.75) is 0 Å². The predicted molar refractivity (Wildman–Crippen MR) is 112 cm³/mol. The Morgan fingerprint density at radius 2 is 1.83 bits per heavy atom. The van der Waals surface area contributed by atoms with Gasteiger partial charge in [-0.3, -0.25) is 24.1 Å². The molecule has 0 unspecified atom stereocenters. The zero-order valence-electron chi connectivity index (χ0n) is 15.3. The van der Waals surface area contributed by atoms with Crippen molar-refractivity contribution < 1.29 is 29.0 Å². The molecule has 10 heteroatoms. The first-order valence-corrected chi connectivity index (χ1v) is 9.77. The number of nitrogens with zero attached hydrogens (tertiary/aromatic N) is 1. The third kappa shape index (κ3) is 5.40. The van der Waals surface area contributed by atoms with E-state index in [9.17, 15) is 19.2 Å². The van der Waals surface area contributed by atoms with E-state index in [0.717, 1.165) is 0 Å². The van der Waals surface area contributed by atoms with Gasteiger partial charge < -0.3 is 15.2 Å². The molecule has 3 rings (SSSR count). The first-order valence-electron chi connectivity index (χ1n) is 8.58. The second kappa shape index (κ2) is 9.47. The van der Waals surface area contributed by atoms with Crippen LogP contribution in [0.3, 0.4) is 0 Å². The van der Waals surface area contributed by atoms with Gasteiger partial charge in [0.2, 0.25) is 0 Å². The van der Waals surface area contributed by atoms with Crippen LogP contribution < -0.4 is 10.1 Å². The summed E-state index contributed by atoms with van der Waals surface area (Å²) in [6.45, 7) is -0.987. The first-order chi connectivity index (χ1) is 14.3. The highest BCUT2D eigenvalue weighted by Crippen LogP contribution is 2.33. The van der Waals surface area contributed by atoms with Crippen LogP contribution in [0.1, 0.15) is 5.56 Å². The molecule has 3 amide bonds. The fourth-order valence-electron chi connectivity index (χ4n) is 2.52. The number of nitrogens with one attached hydrogen (secondary N) is 1. The van der Waals surface area contributed by atoms with Gasteiger partial charge in [-0.25, -0.2) is 0 Å². The van der Waals surface area contributed by atoms with Crippen molar-refractivity contribution in [3.63, 3.8) is 0 Å². The van der Waals surface area contributed by atoms with Crippen LogP contribution in [0.4, 0.5) is 10.5 Å². The zero-order chi connectivity index (χ0) is 21.7. The predicted octanol–water partition coefficient (Wildman–Crippen LogP) is 3.48. The highest BCUT2D eigenvalue weighted by Gasteiger charge is 2.36. The van der Waals surface area contributed by atoms with Crippen LogP contribution in [0.2, 0.25) is 5.02 Å². The molecular formula is C20H15ClN2O6S. The number of ether oxygens (including phenoxy) is 1. The van der Waals surface area contributed by atoms with Gasteiger partial charge in [-0.15, -0.1) is 0 Å². The second-order valence-electron chi connectivity index (χ2n) is 6.04. The van der Waals surface area contributed by atoms with Gasteiger partial charge in [0.25, 0.3) is 17.1 Å². The monoisotopic (exact) mass is 446 g/mol. The molecule has 2 aromatic carbocycles. The van der Waals surface area contributed by atoms with Crippen molar-refractivity contribution >= 4 is 58.1 Å². The maximum atomic E-state index is 12.3. The number of hydrogen-bond donors (Lipinski definition) is 2. The Bertz CT molecular complexity index is 1040. The minimum atomic E-state index is -1.28. The molecule has 0 saturated carbocycles. The van der Waals surface area contributed by atoms with E-state index in [-0.39, 0.29) is 11.5 Å². The molecule has 0 radical (unpaired) electrons. The Hall–Kier alpha value is -3.30. The molecule has 154 valence electrons. The van der Waals surface area contributed by atoms with E-state index < -0.39 is 29.6 Å². The summed E-state index contributed by atoms with van der Waals surface area (Å²) in [5, 5.41) is 11.4. The Morgan fingerprint density at radius 1 is 1.13 bits per heavy atom. The van der Waals surface area contributed by atoms with Gasteiger partial charge in [0.1, 0.15) is 12.3 Å². The van der Waals surface area contributed by atoms with Crippen LogP contribution in [0, 0.1) is 0 Å². The summed E-state index contributed by atoms with van der Waals surface area (Å²) in [5.74, 6) is -2.04. The van der Waals surface area contributed by atoms with Gasteiger partial charge in [0.05, 0.1) is 4.91 Å². The molecule has 1 aliphatic rings. The number of rotatable bonds is 7. The number of para-hydroxylation sites is 1. The maximum absolute atomic E-state index is 12.3. The molecule has 1 heterocycles. The van der Waals surface area contributed by atoms with Crippen molar-refractivity contribution in [1.29, 1.82) is 0 Å². The summed E-state index contributed by atoms with van der Waals surface area (Å²) >= 11 is 6.45. The summed E-state index contributed by atoms with van der Waals surface area (Å²) in [5.41, 5.74) is 1.03. The number of benzene rings is 2. The average Bonchev–Trinajstić information content (AvgIpc) is 2.96. The molecule has 8 nitrogen and oxygen atoms in total. The zero-order valence-corrected chi connectivity index (χ0v) is 16.9. The fraction of sp³-hybridized carbons (Fsp3) is 0.100. The number of carbonyl (C=O) groups is 4. The topological polar surface area (TPSA) is 113 Å². The molecule has 0 spiro atoms. The third-order valence-corrected chi connectivity index (χ3v) is 5.02. The number of anilines is 1. The van der Waals surface area contributed by atoms with Crippen molar-refractivity contribution in [3.05, 3.63) is 64.0 Å². The lowest BCUT2D eigenvalue weighted by Crippen LogP contribution is -2.33. The number of carbonyl (C=O) groups excluding carboxylic acids is 3. The number of imide groups is 1. The van der Waals surface area contributed by atoms with Gasteiger partial charge >= 0.3 is 5.97 Å². The molecule has 0 aliphatic carbocycles. The largest absolute Gasteiger partial charge is 0.483 e. The fourth-order valence-corrected chi connectivity index (χ4v) is 3.47. The summed E-state index contributed by atoms with van der Waals surface area (Å²) < 4.78 is 5.56. The summed E-state index contributed by atoms with van der Waals surface area (Å²) in [4.78, 5) is 47.9. The molecular weight excluding hydrogens is 432 g/mol. The van der Waals surface area contributed by atoms with Crippen molar-refractivity contribution in [2.24, 2.45) is 0 Å².